The minimum Gasteiger partial charge on any atom is -0.481 e. The van der Waals surface area contributed by atoms with Gasteiger partial charge in [-0.2, -0.15) is 4.37 Å². The van der Waals surface area contributed by atoms with Crippen molar-refractivity contribution in [2.24, 2.45) is 4.99 Å². The number of hydrogen-bond donors (Lipinski definition) is 2. The normalized spacial score (nSPS) is 20.8. The van der Waals surface area contributed by atoms with E-state index in [9.17, 15) is 19.1 Å². The number of ether oxygens (including phenoxy) is 2. The molecule has 35 heavy (non-hydrogen) atoms. The van der Waals surface area contributed by atoms with Crippen molar-refractivity contribution in [3.63, 3.8) is 0 Å². The lowest BCUT2D eigenvalue weighted by Gasteiger charge is -2.37. The number of aromatic nitrogens is 2. The summed E-state index contributed by atoms with van der Waals surface area (Å²) in [6.45, 7) is 3.26. The Morgan fingerprint density at radius 2 is 2.26 bits per heavy atom. The highest BCUT2D eigenvalue weighted by molar-refractivity contribution is 9.10. The van der Waals surface area contributed by atoms with Gasteiger partial charge >= 0.3 is 11.9 Å². The number of esters is 1. The molecule has 0 saturated carbocycles. The van der Waals surface area contributed by atoms with Gasteiger partial charge < -0.3 is 19.9 Å². The number of carboxylic acid groups (broad SMARTS) is 1. The molecule has 1 aromatic heterocycles. The number of carboxylic acids is 1. The van der Waals surface area contributed by atoms with Crippen LogP contribution in [0.3, 0.4) is 0 Å². The predicted octanol–water partition coefficient (Wildman–Crippen LogP) is 2.52. The molecule has 0 aliphatic carbocycles. The molecule has 2 aliphatic heterocycles. The Bertz CT molecular complexity index is 1160. The number of rotatable bonds is 8. The van der Waals surface area contributed by atoms with E-state index in [4.69, 9.17) is 14.5 Å². The molecule has 0 amide bonds. The molecule has 1 aromatic carbocycles. The highest BCUT2D eigenvalue weighted by Gasteiger charge is 2.36. The second kappa shape index (κ2) is 11.3. The summed E-state index contributed by atoms with van der Waals surface area (Å²) in [7, 11) is 0. The summed E-state index contributed by atoms with van der Waals surface area (Å²) < 4.78 is 29.2. The van der Waals surface area contributed by atoms with Gasteiger partial charge in [0.1, 0.15) is 18.2 Å². The molecule has 186 valence electrons. The molecule has 13 heteroatoms. The Balaban J connectivity index is 1.81. The predicted molar refractivity (Wildman–Crippen MR) is 129 cm³/mol. The smallest absolute Gasteiger partial charge is 0.338 e. The summed E-state index contributed by atoms with van der Waals surface area (Å²) in [5, 5.41) is 13.1. The van der Waals surface area contributed by atoms with Crippen molar-refractivity contribution in [2.45, 2.75) is 25.4 Å². The van der Waals surface area contributed by atoms with E-state index in [1.807, 2.05) is 4.90 Å². The quantitative estimate of drug-likeness (QED) is 0.462. The number of aliphatic carboxylic acids is 1. The molecule has 0 radical (unpaired) electrons. The first-order chi connectivity index (χ1) is 16.9. The van der Waals surface area contributed by atoms with Gasteiger partial charge in [0.25, 0.3) is 0 Å². The third-order valence-electron chi connectivity index (χ3n) is 5.56. The molecule has 10 nitrogen and oxygen atoms in total. The van der Waals surface area contributed by atoms with E-state index in [-0.39, 0.29) is 37.8 Å². The number of carbonyl (C=O) groups is 2. The van der Waals surface area contributed by atoms with Crippen LogP contribution in [0.15, 0.2) is 45.3 Å². The summed E-state index contributed by atoms with van der Waals surface area (Å²) in [4.78, 5) is 35.6. The molecular formula is C22H23BrFN5O5S. The Kier molecular flexibility index (Phi) is 8.21. The second-order valence-corrected chi connectivity index (χ2v) is 9.46. The van der Waals surface area contributed by atoms with Crippen LogP contribution in [-0.2, 0) is 19.1 Å². The Morgan fingerprint density at radius 1 is 1.43 bits per heavy atom. The average Bonchev–Trinajstić information content (AvgIpc) is 3.35. The number of aliphatic imine (C=N–C) groups is 1. The lowest BCUT2D eigenvalue weighted by atomic mass is 9.95. The van der Waals surface area contributed by atoms with E-state index >= 15 is 0 Å². The zero-order valence-corrected chi connectivity index (χ0v) is 21.1. The molecule has 1 saturated heterocycles. The number of halogens is 2. The molecular weight excluding hydrogens is 545 g/mol. The minimum absolute atomic E-state index is 0.105. The standard InChI is InChI=1S/C22H23BrFN5O5S/c1-2-34-22(32)18-16(9-29-5-6-33-10-13(29)8-17(30)31)27-20(21-25-11-26-35-21)28-19(18)14-4-3-12(24)7-15(14)23/h3-4,7,11,13,19H,2,5-6,8-10H2,1H3,(H,27,28)(H,30,31). The molecule has 0 bridgehead atoms. The number of morpholine rings is 1. The average molecular weight is 568 g/mol. The van der Waals surface area contributed by atoms with Gasteiger partial charge in [0, 0.05) is 29.3 Å². The number of nitrogens with zero attached hydrogens (tertiary/aromatic N) is 4. The minimum atomic E-state index is -0.939. The summed E-state index contributed by atoms with van der Waals surface area (Å²) in [5.74, 6) is -1.54. The molecule has 2 atom stereocenters. The molecule has 2 aliphatic rings. The van der Waals surface area contributed by atoms with E-state index in [0.29, 0.717) is 39.7 Å². The SMILES string of the molecule is CCOC(=O)C1=C(CN2CCOCC2CC(=O)O)NC(c2ncns2)=NC1c1ccc(F)cc1Br. The molecule has 0 spiro atoms. The van der Waals surface area contributed by atoms with Crippen LogP contribution in [0.25, 0.3) is 0 Å². The van der Waals surface area contributed by atoms with Gasteiger partial charge in [-0.1, -0.05) is 22.0 Å². The Hall–Kier alpha value is -2.74. The second-order valence-electron chi connectivity index (χ2n) is 7.83. The van der Waals surface area contributed by atoms with E-state index in [0.717, 1.165) is 11.5 Å². The highest BCUT2D eigenvalue weighted by Crippen LogP contribution is 2.37. The fourth-order valence-corrected chi connectivity index (χ4v) is 5.04. The van der Waals surface area contributed by atoms with Crippen LogP contribution in [0, 0.1) is 5.82 Å². The summed E-state index contributed by atoms with van der Waals surface area (Å²) in [6, 6.07) is 2.98. The van der Waals surface area contributed by atoms with Gasteiger partial charge in [0.2, 0.25) is 0 Å². The van der Waals surface area contributed by atoms with Crippen LogP contribution in [0.2, 0.25) is 0 Å². The van der Waals surface area contributed by atoms with Gasteiger partial charge in [-0.15, -0.1) is 0 Å². The van der Waals surface area contributed by atoms with Gasteiger partial charge in [0.15, 0.2) is 10.8 Å². The number of nitrogens with one attached hydrogen (secondary N) is 1. The number of benzene rings is 1. The van der Waals surface area contributed by atoms with Gasteiger partial charge in [0.05, 0.1) is 31.8 Å². The molecule has 3 heterocycles. The third-order valence-corrected chi connectivity index (χ3v) is 6.92. The topological polar surface area (TPSA) is 126 Å². The lowest BCUT2D eigenvalue weighted by Crippen LogP contribution is -2.49. The van der Waals surface area contributed by atoms with Crippen molar-refractivity contribution >= 4 is 45.2 Å². The maximum absolute atomic E-state index is 13.9. The van der Waals surface area contributed by atoms with Crippen LogP contribution < -0.4 is 5.32 Å². The number of carbonyl (C=O) groups excluding carboxylic acids is 1. The number of amidine groups is 1. The van der Waals surface area contributed by atoms with Gasteiger partial charge in [-0.05, 0) is 36.2 Å². The molecule has 1 fully saturated rings. The van der Waals surface area contributed by atoms with Gasteiger partial charge in [-0.3, -0.25) is 14.7 Å². The number of hydrogen-bond acceptors (Lipinski definition) is 10. The van der Waals surface area contributed by atoms with E-state index < -0.39 is 23.8 Å². The van der Waals surface area contributed by atoms with E-state index in [1.54, 1.807) is 13.0 Å². The maximum Gasteiger partial charge on any atom is 0.338 e. The first kappa shape index (κ1) is 25.4. The zero-order valence-electron chi connectivity index (χ0n) is 18.7. The first-order valence-electron chi connectivity index (χ1n) is 10.9. The van der Waals surface area contributed by atoms with Crippen LogP contribution in [0.1, 0.15) is 30.0 Å². The van der Waals surface area contributed by atoms with Crippen molar-refractivity contribution < 1.29 is 28.6 Å². The van der Waals surface area contributed by atoms with E-state index in [1.165, 1.54) is 18.5 Å². The lowest BCUT2D eigenvalue weighted by molar-refractivity contribution is -0.141. The molecule has 2 unspecified atom stereocenters. The van der Waals surface area contributed by atoms with Crippen molar-refractivity contribution in [1.82, 2.24) is 19.6 Å². The Morgan fingerprint density at radius 3 is 2.94 bits per heavy atom. The maximum atomic E-state index is 13.9. The molecule has 2 N–H and O–H groups in total. The van der Waals surface area contributed by atoms with Crippen molar-refractivity contribution in [2.75, 3.05) is 32.9 Å². The first-order valence-corrected chi connectivity index (χ1v) is 12.4. The van der Waals surface area contributed by atoms with Crippen LogP contribution in [-0.4, -0.2) is 76.1 Å². The van der Waals surface area contributed by atoms with E-state index in [2.05, 4.69) is 30.6 Å². The van der Waals surface area contributed by atoms with Crippen LogP contribution in [0.5, 0.6) is 0 Å². The summed E-state index contributed by atoms with van der Waals surface area (Å²) >= 11 is 4.53. The van der Waals surface area contributed by atoms with Crippen molar-refractivity contribution in [1.29, 1.82) is 0 Å². The molecule has 4 rings (SSSR count). The summed E-state index contributed by atoms with van der Waals surface area (Å²) in [6.07, 6.45) is 1.30. The van der Waals surface area contributed by atoms with Crippen LogP contribution in [0.4, 0.5) is 4.39 Å². The van der Waals surface area contributed by atoms with Gasteiger partial charge in [-0.25, -0.2) is 14.2 Å². The van der Waals surface area contributed by atoms with Crippen molar-refractivity contribution in [3.8, 4) is 0 Å². The zero-order chi connectivity index (χ0) is 24.9. The highest BCUT2D eigenvalue weighted by atomic mass is 79.9. The van der Waals surface area contributed by atoms with Crippen molar-refractivity contribution in [3.05, 3.63) is 56.7 Å². The summed E-state index contributed by atoms with van der Waals surface area (Å²) in [5.41, 5.74) is 1.33. The van der Waals surface area contributed by atoms with Crippen LogP contribution >= 0.6 is 27.5 Å². The fraction of sp³-hybridized carbons (Fsp3) is 0.409. The monoisotopic (exact) mass is 567 g/mol. The Labute approximate surface area is 213 Å². The fourth-order valence-electron chi connectivity index (χ4n) is 3.99. The third kappa shape index (κ3) is 5.92. The largest absolute Gasteiger partial charge is 0.481 e. The molecule has 2 aromatic rings.